The van der Waals surface area contributed by atoms with Crippen molar-refractivity contribution in [2.24, 2.45) is 0 Å². The van der Waals surface area contributed by atoms with Crippen LogP contribution in [0.2, 0.25) is 0 Å². The number of nitrogens with zero attached hydrogens (tertiary/aromatic N) is 1. The molecule has 1 saturated heterocycles. The number of piperazine rings is 1. The maximum Gasteiger partial charge on any atom is 0.243 e. The van der Waals surface area contributed by atoms with Gasteiger partial charge in [0.15, 0.2) is 0 Å². The van der Waals surface area contributed by atoms with E-state index in [-0.39, 0.29) is 36.7 Å². The molecule has 1 atom stereocenters. The Labute approximate surface area is 95.2 Å². The highest BCUT2D eigenvalue weighted by molar-refractivity contribution is 6.01. The van der Waals surface area contributed by atoms with Gasteiger partial charge in [0.25, 0.3) is 0 Å². The van der Waals surface area contributed by atoms with Crippen molar-refractivity contribution in [3.63, 3.8) is 0 Å². The monoisotopic (exact) mass is 226 g/mol. The average molecular weight is 226 g/mol. The molecule has 0 aliphatic carbocycles. The fourth-order valence-corrected chi connectivity index (χ4v) is 1.91. The van der Waals surface area contributed by atoms with Crippen LogP contribution < -0.4 is 5.32 Å². The summed E-state index contributed by atoms with van der Waals surface area (Å²) < 4.78 is 0. The van der Waals surface area contributed by atoms with Gasteiger partial charge in [-0.1, -0.05) is 13.8 Å². The van der Waals surface area contributed by atoms with Gasteiger partial charge in [-0.2, -0.15) is 0 Å². The molecule has 1 unspecified atom stereocenters. The lowest BCUT2D eigenvalue weighted by Gasteiger charge is -2.32. The standard InChI is InChI=1S/C11H18N2O3/c1-3-5-8(14)6-13-7-10(15)12-11(16)9(13)4-2/h9H,3-7H2,1-2H3,(H,12,15,16). The Morgan fingerprint density at radius 2 is 2.12 bits per heavy atom. The quantitative estimate of drug-likeness (QED) is 0.675. The Bertz CT molecular complexity index is 302. The third-order valence-electron chi connectivity index (χ3n) is 2.65. The molecular formula is C11H18N2O3. The molecule has 0 saturated carbocycles. The van der Waals surface area contributed by atoms with Crippen molar-refractivity contribution < 1.29 is 14.4 Å². The summed E-state index contributed by atoms with van der Waals surface area (Å²) in [7, 11) is 0. The summed E-state index contributed by atoms with van der Waals surface area (Å²) in [5.74, 6) is -0.523. The third kappa shape index (κ3) is 3.13. The molecule has 90 valence electrons. The van der Waals surface area contributed by atoms with Crippen LogP contribution in [0.3, 0.4) is 0 Å². The van der Waals surface area contributed by atoms with Gasteiger partial charge >= 0.3 is 0 Å². The highest BCUT2D eigenvalue weighted by atomic mass is 16.2. The van der Waals surface area contributed by atoms with Crippen molar-refractivity contribution in [1.82, 2.24) is 10.2 Å². The zero-order valence-electron chi connectivity index (χ0n) is 9.78. The molecule has 5 heteroatoms. The van der Waals surface area contributed by atoms with Gasteiger partial charge in [0.2, 0.25) is 11.8 Å². The first-order chi connectivity index (χ1) is 7.58. The van der Waals surface area contributed by atoms with Crippen molar-refractivity contribution >= 4 is 17.6 Å². The minimum absolute atomic E-state index is 0.0865. The number of hydrogen-bond acceptors (Lipinski definition) is 4. The molecule has 1 heterocycles. The summed E-state index contributed by atoms with van der Waals surface area (Å²) in [5, 5.41) is 2.28. The Balaban J connectivity index is 2.63. The molecule has 5 nitrogen and oxygen atoms in total. The molecule has 0 spiro atoms. The number of carbonyl (C=O) groups excluding carboxylic acids is 3. The highest BCUT2D eigenvalue weighted by Gasteiger charge is 2.32. The fraction of sp³-hybridized carbons (Fsp3) is 0.727. The van der Waals surface area contributed by atoms with Crippen molar-refractivity contribution in [3.05, 3.63) is 0 Å². The van der Waals surface area contributed by atoms with Gasteiger partial charge in [-0.25, -0.2) is 0 Å². The van der Waals surface area contributed by atoms with Gasteiger partial charge in [0.05, 0.1) is 19.1 Å². The first kappa shape index (κ1) is 12.8. The van der Waals surface area contributed by atoms with Gasteiger partial charge in [0.1, 0.15) is 5.78 Å². The molecule has 0 radical (unpaired) electrons. The van der Waals surface area contributed by atoms with Crippen LogP contribution in [0.1, 0.15) is 33.1 Å². The van der Waals surface area contributed by atoms with E-state index in [0.29, 0.717) is 12.8 Å². The molecule has 16 heavy (non-hydrogen) atoms. The predicted octanol–water partition coefficient (Wildman–Crippen LogP) is 0.0926. The molecule has 1 fully saturated rings. The number of nitrogens with one attached hydrogen (secondary N) is 1. The molecule has 0 bridgehead atoms. The lowest BCUT2D eigenvalue weighted by atomic mass is 10.1. The number of hydrogen-bond donors (Lipinski definition) is 1. The molecule has 0 aromatic rings. The topological polar surface area (TPSA) is 66.5 Å². The van der Waals surface area contributed by atoms with Crippen LogP contribution in [-0.4, -0.2) is 41.6 Å². The Hall–Kier alpha value is -1.23. The lowest BCUT2D eigenvalue weighted by molar-refractivity contribution is -0.141. The second kappa shape index (κ2) is 5.75. The van der Waals surface area contributed by atoms with Crippen molar-refractivity contribution in [1.29, 1.82) is 0 Å². The third-order valence-corrected chi connectivity index (χ3v) is 2.65. The average Bonchev–Trinajstić information content (AvgIpc) is 2.17. The molecular weight excluding hydrogens is 208 g/mol. The predicted molar refractivity (Wildman–Crippen MR) is 58.7 cm³/mol. The number of ketones is 1. The number of carbonyl (C=O) groups is 3. The normalized spacial score (nSPS) is 22.0. The summed E-state index contributed by atoms with van der Waals surface area (Å²) in [6, 6.07) is -0.349. The van der Waals surface area contributed by atoms with E-state index >= 15 is 0 Å². The second-order valence-corrected chi connectivity index (χ2v) is 4.03. The minimum Gasteiger partial charge on any atom is -0.298 e. The van der Waals surface area contributed by atoms with Gasteiger partial charge in [0, 0.05) is 6.42 Å². The van der Waals surface area contributed by atoms with E-state index in [4.69, 9.17) is 0 Å². The Kier molecular flexibility index (Phi) is 4.61. The largest absolute Gasteiger partial charge is 0.298 e. The van der Waals surface area contributed by atoms with E-state index in [1.54, 1.807) is 4.90 Å². The van der Waals surface area contributed by atoms with Crippen molar-refractivity contribution in [3.8, 4) is 0 Å². The van der Waals surface area contributed by atoms with E-state index in [0.717, 1.165) is 6.42 Å². The zero-order chi connectivity index (χ0) is 12.1. The maximum atomic E-state index is 11.5. The first-order valence-electron chi connectivity index (χ1n) is 5.67. The summed E-state index contributed by atoms with van der Waals surface area (Å²) >= 11 is 0. The van der Waals surface area contributed by atoms with Gasteiger partial charge in [-0.3, -0.25) is 24.6 Å². The van der Waals surface area contributed by atoms with Crippen LogP contribution in [0.5, 0.6) is 0 Å². The Morgan fingerprint density at radius 3 is 2.69 bits per heavy atom. The van der Waals surface area contributed by atoms with Gasteiger partial charge < -0.3 is 0 Å². The molecule has 0 aromatic heterocycles. The smallest absolute Gasteiger partial charge is 0.243 e. The summed E-state index contributed by atoms with van der Waals surface area (Å²) in [4.78, 5) is 35.9. The summed E-state index contributed by atoms with van der Waals surface area (Å²) in [5.41, 5.74) is 0. The maximum absolute atomic E-state index is 11.5. The number of Topliss-reactive ketones (excluding diaryl/α,β-unsaturated/α-hetero) is 1. The second-order valence-electron chi connectivity index (χ2n) is 4.03. The summed E-state index contributed by atoms with van der Waals surface area (Å²) in [6.07, 6.45) is 1.91. The molecule has 1 aliphatic rings. The molecule has 2 amide bonds. The van der Waals surface area contributed by atoms with Gasteiger partial charge in [-0.05, 0) is 12.8 Å². The van der Waals surface area contributed by atoms with Gasteiger partial charge in [-0.15, -0.1) is 0 Å². The molecule has 0 aromatic carbocycles. The van der Waals surface area contributed by atoms with Crippen LogP contribution in [-0.2, 0) is 14.4 Å². The molecule has 1 N–H and O–H groups in total. The summed E-state index contributed by atoms with van der Waals surface area (Å²) in [6.45, 7) is 4.14. The number of rotatable bonds is 5. The van der Waals surface area contributed by atoms with Crippen LogP contribution in [0.4, 0.5) is 0 Å². The molecule has 1 rings (SSSR count). The first-order valence-corrected chi connectivity index (χ1v) is 5.67. The van der Waals surface area contributed by atoms with Crippen LogP contribution in [0.25, 0.3) is 0 Å². The van der Waals surface area contributed by atoms with Crippen LogP contribution in [0.15, 0.2) is 0 Å². The van der Waals surface area contributed by atoms with E-state index < -0.39 is 0 Å². The highest BCUT2D eigenvalue weighted by Crippen LogP contribution is 2.09. The van der Waals surface area contributed by atoms with Crippen molar-refractivity contribution in [2.45, 2.75) is 39.2 Å². The number of imide groups is 1. The van der Waals surface area contributed by atoms with E-state index in [1.807, 2.05) is 13.8 Å². The van der Waals surface area contributed by atoms with Crippen molar-refractivity contribution in [2.75, 3.05) is 13.1 Å². The Morgan fingerprint density at radius 1 is 1.44 bits per heavy atom. The van der Waals surface area contributed by atoms with Crippen LogP contribution >= 0.6 is 0 Å². The van der Waals surface area contributed by atoms with E-state index in [1.165, 1.54) is 0 Å². The number of amides is 2. The lowest BCUT2D eigenvalue weighted by Crippen LogP contribution is -2.58. The fourth-order valence-electron chi connectivity index (χ4n) is 1.91. The molecule has 1 aliphatic heterocycles. The zero-order valence-corrected chi connectivity index (χ0v) is 9.78. The van der Waals surface area contributed by atoms with E-state index in [2.05, 4.69) is 5.32 Å². The SMILES string of the molecule is CCCC(=O)CN1CC(=O)NC(=O)C1CC. The van der Waals surface area contributed by atoms with Crippen LogP contribution in [0, 0.1) is 0 Å². The van der Waals surface area contributed by atoms with E-state index in [9.17, 15) is 14.4 Å². The minimum atomic E-state index is -0.349.